The van der Waals surface area contributed by atoms with Gasteiger partial charge >= 0.3 is 12.0 Å². The number of hydrogen-bond acceptors (Lipinski definition) is 6. The molecule has 0 bridgehead atoms. The van der Waals surface area contributed by atoms with E-state index in [4.69, 9.17) is 14.2 Å². The SMILES string of the molecule is C=C1NC(=O)N[C@H](c2cc(I)c(OCC(=O)Nc3ccccc3)c(OC)c2)[C@@H]1C(=O)OC. The number of hydrogen-bond donors (Lipinski definition) is 3. The van der Waals surface area contributed by atoms with Crippen LogP contribution in [0.15, 0.2) is 54.7 Å². The predicted octanol–water partition coefficient (Wildman–Crippen LogP) is 2.97. The van der Waals surface area contributed by atoms with E-state index < -0.39 is 24.0 Å². The average molecular weight is 551 g/mol. The fourth-order valence-electron chi connectivity index (χ4n) is 3.28. The lowest BCUT2D eigenvalue weighted by Gasteiger charge is -2.33. The molecule has 1 aliphatic rings. The van der Waals surface area contributed by atoms with Crippen LogP contribution in [0.1, 0.15) is 11.6 Å². The van der Waals surface area contributed by atoms with Gasteiger partial charge in [0.25, 0.3) is 5.91 Å². The third kappa shape index (κ3) is 5.31. The molecule has 0 aliphatic carbocycles. The molecule has 0 spiro atoms. The molecular weight excluding hydrogens is 529 g/mol. The van der Waals surface area contributed by atoms with Crippen LogP contribution in [-0.2, 0) is 14.3 Å². The smallest absolute Gasteiger partial charge is 0.319 e. The van der Waals surface area contributed by atoms with E-state index in [1.807, 2.05) is 40.8 Å². The Labute approximate surface area is 198 Å². The molecule has 1 aliphatic heterocycles. The van der Waals surface area contributed by atoms with E-state index in [9.17, 15) is 14.4 Å². The van der Waals surface area contributed by atoms with Gasteiger partial charge in [-0.25, -0.2) is 4.79 Å². The summed E-state index contributed by atoms with van der Waals surface area (Å²) in [6.45, 7) is 3.55. The number of para-hydroxylation sites is 1. The number of rotatable bonds is 7. The van der Waals surface area contributed by atoms with E-state index >= 15 is 0 Å². The van der Waals surface area contributed by atoms with Crippen molar-refractivity contribution in [2.45, 2.75) is 6.04 Å². The molecule has 9 nitrogen and oxygen atoms in total. The summed E-state index contributed by atoms with van der Waals surface area (Å²) < 4.78 is 16.7. The van der Waals surface area contributed by atoms with Gasteiger partial charge in [-0.15, -0.1) is 0 Å². The minimum atomic E-state index is -0.832. The molecule has 3 N–H and O–H groups in total. The van der Waals surface area contributed by atoms with Crippen LogP contribution in [0.4, 0.5) is 10.5 Å². The lowest BCUT2D eigenvalue weighted by atomic mass is 9.89. The second-order valence-electron chi connectivity index (χ2n) is 6.84. The molecule has 168 valence electrons. The fourth-order valence-corrected chi connectivity index (χ4v) is 4.06. The van der Waals surface area contributed by atoms with Crippen molar-refractivity contribution in [1.82, 2.24) is 10.6 Å². The largest absolute Gasteiger partial charge is 0.493 e. The number of esters is 1. The number of ether oxygens (including phenoxy) is 3. The summed E-state index contributed by atoms with van der Waals surface area (Å²) in [5.41, 5.74) is 1.49. The topological polar surface area (TPSA) is 115 Å². The quantitative estimate of drug-likeness (QED) is 0.360. The van der Waals surface area contributed by atoms with Crippen molar-refractivity contribution < 1.29 is 28.6 Å². The molecule has 2 aromatic carbocycles. The van der Waals surface area contributed by atoms with Crippen LogP contribution < -0.4 is 25.4 Å². The first kappa shape index (κ1) is 23.4. The van der Waals surface area contributed by atoms with E-state index in [1.54, 1.807) is 24.3 Å². The number of urea groups is 1. The van der Waals surface area contributed by atoms with Gasteiger partial charge in [-0.3, -0.25) is 9.59 Å². The van der Waals surface area contributed by atoms with Crippen molar-refractivity contribution in [2.75, 3.05) is 26.1 Å². The zero-order valence-corrected chi connectivity index (χ0v) is 19.6. The number of anilines is 1. The highest BCUT2D eigenvalue weighted by molar-refractivity contribution is 14.1. The number of carbonyl (C=O) groups excluding carboxylic acids is 3. The maximum Gasteiger partial charge on any atom is 0.319 e. The normalized spacial score (nSPS) is 17.6. The third-order valence-corrected chi connectivity index (χ3v) is 5.54. The van der Waals surface area contributed by atoms with E-state index in [0.29, 0.717) is 26.3 Å². The Balaban J connectivity index is 1.82. The zero-order valence-electron chi connectivity index (χ0n) is 17.4. The molecular formula is C22H22IN3O6. The van der Waals surface area contributed by atoms with E-state index in [1.165, 1.54) is 14.2 Å². The Morgan fingerprint density at radius 2 is 1.91 bits per heavy atom. The molecule has 3 amide bonds. The number of methoxy groups -OCH3 is 2. The summed E-state index contributed by atoms with van der Waals surface area (Å²) in [6, 6.07) is 11.2. The highest BCUT2D eigenvalue weighted by atomic mass is 127. The fraction of sp³-hybridized carbons (Fsp3) is 0.227. The minimum Gasteiger partial charge on any atom is -0.493 e. The van der Waals surface area contributed by atoms with Crippen LogP contribution in [-0.4, -0.2) is 38.7 Å². The van der Waals surface area contributed by atoms with Gasteiger partial charge < -0.3 is 30.2 Å². The van der Waals surface area contributed by atoms with Gasteiger partial charge in [-0.2, -0.15) is 0 Å². The number of halogens is 1. The molecule has 32 heavy (non-hydrogen) atoms. The number of carbonyl (C=O) groups is 3. The summed E-state index contributed by atoms with van der Waals surface area (Å²) >= 11 is 2.04. The molecule has 1 saturated heterocycles. The molecule has 10 heteroatoms. The maximum absolute atomic E-state index is 12.3. The monoisotopic (exact) mass is 551 g/mol. The average Bonchev–Trinajstić information content (AvgIpc) is 2.77. The Kier molecular flexibility index (Phi) is 7.57. The van der Waals surface area contributed by atoms with Gasteiger partial charge in [0.1, 0.15) is 5.92 Å². The van der Waals surface area contributed by atoms with Gasteiger partial charge in [0, 0.05) is 11.4 Å². The number of nitrogens with one attached hydrogen (secondary N) is 3. The Morgan fingerprint density at radius 3 is 2.56 bits per heavy atom. The zero-order chi connectivity index (χ0) is 23.3. The highest BCUT2D eigenvalue weighted by Crippen LogP contribution is 2.39. The van der Waals surface area contributed by atoms with Crippen molar-refractivity contribution in [1.29, 1.82) is 0 Å². The second-order valence-corrected chi connectivity index (χ2v) is 8.00. The first-order valence-electron chi connectivity index (χ1n) is 9.53. The molecule has 1 fully saturated rings. The summed E-state index contributed by atoms with van der Waals surface area (Å²) in [4.78, 5) is 36.6. The van der Waals surface area contributed by atoms with Crippen molar-refractivity contribution in [3.63, 3.8) is 0 Å². The summed E-state index contributed by atoms with van der Waals surface area (Å²) in [5, 5.41) is 7.98. The van der Waals surface area contributed by atoms with E-state index in [0.717, 1.165) is 0 Å². The van der Waals surface area contributed by atoms with Crippen LogP contribution in [0.2, 0.25) is 0 Å². The number of amides is 3. The summed E-state index contributed by atoms with van der Waals surface area (Å²) in [5.74, 6) is -0.984. The number of benzene rings is 2. The Bertz CT molecular complexity index is 1040. The maximum atomic E-state index is 12.3. The standard InChI is InChI=1S/C22H22IN3O6/c1-12-18(21(28)31-3)19(26-22(29)24-12)13-9-15(23)20(16(10-13)30-2)32-11-17(27)25-14-7-5-4-6-8-14/h4-10,18-19H,1,11H2,2-3H3,(H,25,27)(H2,24,26,29)/t18-,19-/m1/s1. The summed E-state index contributed by atoms with van der Waals surface area (Å²) in [6.07, 6.45) is 0. The van der Waals surface area contributed by atoms with Gasteiger partial charge in [0.2, 0.25) is 0 Å². The first-order chi connectivity index (χ1) is 15.3. The lowest BCUT2D eigenvalue weighted by molar-refractivity contribution is -0.145. The predicted molar refractivity (Wildman–Crippen MR) is 125 cm³/mol. The van der Waals surface area contributed by atoms with Crippen molar-refractivity contribution in [2.24, 2.45) is 5.92 Å². The van der Waals surface area contributed by atoms with Gasteiger partial charge in [-0.1, -0.05) is 24.8 Å². The molecule has 2 aromatic rings. The van der Waals surface area contributed by atoms with Gasteiger partial charge in [-0.05, 0) is 52.4 Å². The van der Waals surface area contributed by atoms with Crippen molar-refractivity contribution in [3.8, 4) is 11.5 Å². The second kappa shape index (κ2) is 10.4. The van der Waals surface area contributed by atoms with Crippen LogP contribution in [0.5, 0.6) is 11.5 Å². The van der Waals surface area contributed by atoms with Gasteiger partial charge in [0.15, 0.2) is 18.1 Å². The van der Waals surface area contributed by atoms with Crippen LogP contribution in [0, 0.1) is 9.49 Å². The summed E-state index contributed by atoms with van der Waals surface area (Å²) in [7, 11) is 2.73. The van der Waals surface area contributed by atoms with E-state index in [-0.39, 0.29) is 18.2 Å². The molecule has 3 rings (SSSR count). The van der Waals surface area contributed by atoms with Gasteiger partial charge in [0.05, 0.1) is 23.8 Å². The molecule has 2 atom stereocenters. The molecule has 1 heterocycles. The third-order valence-electron chi connectivity index (χ3n) is 4.74. The Hall–Kier alpha value is -3.28. The lowest BCUT2D eigenvalue weighted by Crippen LogP contribution is -2.51. The first-order valence-corrected chi connectivity index (χ1v) is 10.6. The van der Waals surface area contributed by atoms with Crippen LogP contribution in [0.3, 0.4) is 0 Å². The van der Waals surface area contributed by atoms with Crippen molar-refractivity contribution in [3.05, 3.63) is 63.9 Å². The minimum absolute atomic E-state index is 0.230. The van der Waals surface area contributed by atoms with Crippen LogP contribution in [0.25, 0.3) is 0 Å². The Morgan fingerprint density at radius 1 is 1.19 bits per heavy atom. The van der Waals surface area contributed by atoms with Crippen LogP contribution >= 0.6 is 22.6 Å². The molecule has 0 unspecified atom stereocenters. The molecule has 0 radical (unpaired) electrons. The molecule has 0 saturated carbocycles. The highest BCUT2D eigenvalue weighted by Gasteiger charge is 2.39. The van der Waals surface area contributed by atoms with E-state index in [2.05, 4.69) is 22.5 Å². The van der Waals surface area contributed by atoms with Crippen molar-refractivity contribution >= 4 is 46.2 Å². The molecule has 0 aromatic heterocycles.